The van der Waals surface area contributed by atoms with Crippen LogP contribution < -0.4 is 14.8 Å². The molecule has 12 heteroatoms. The number of methoxy groups -OCH3 is 2. The number of halogens is 1. The van der Waals surface area contributed by atoms with Gasteiger partial charge in [-0.3, -0.25) is 24.9 Å². The number of hydrogen-bond acceptors (Lipinski definition) is 10. The van der Waals surface area contributed by atoms with Crippen LogP contribution >= 0.6 is 11.3 Å². The number of nitrogens with one attached hydrogen (secondary N) is 1. The fourth-order valence-corrected chi connectivity index (χ4v) is 3.98. The maximum Gasteiger partial charge on any atom is 0.310 e. The van der Waals surface area contributed by atoms with Crippen molar-refractivity contribution in [2.24, 2.45) is 0 Å². The molecule has 1 amide bonds. The molecule has 190 valence electrons. The molecule has 0 saturated carbocycles. The molecule has 0 radical (unpaired) electrons. The molecule has 3 aromatic heterocycles. The van der Waals surface area contributed by atoms with Gasteiger partial charge in [-0.1, -0.05) is 17.2 Å². The minimum atomic E-state index is -0.543. The van der Waals surface area contributed by atoms with Crippen molar-refractivity contribution in [2.45, 2.75) is 20.0 Å². The van der Waals surface area contributed by atoms with Gasteiger partial charge in [0.05, 0.1) is 37.5 Å². The van der Waals surface area contributed by atoms with E-state index in [1.807, 2.05) is 0 Å². The standard InChI is InChI=1S/C25H22FN5O5S/c1-14-9-17(22-19(26)5-4-6-20(22)34-2)18(12-27-14)23(33)29-24-30-31-25(37-24)36-13-16-8-7-15(11-28-16)10-21(32)35-3/h4-9,11-12H,10,13H2,1-3H3,(H,29,30,33). The van der Waals surface area contributed by atoms with E-state index in [9.17, 15) is 14.0 Å². The van der Waals surface area contributed by atoms with E-state index in [-0.39, 0.29) is 46.2 Å². The van der Waals surface area contributed by atoms with Crippen molar-refractivity contribution >= 4 is 28.3 Å². The van der Waals surface area contributed by atoms with Gasteiger partial charge in [0, 0.05) is 23.7 Å². The van der Waals surface area contributed by atoms with Gasteiger partial charge in [-0.15, -0.1) is 5.10 Å². The van der Waals surface area contributed by atoms with E-state index in [1.165, 1.54) is 32.5 Å². The number of rotatable bonds is 9. The Balaban J connectivity index is 1.45. The normalized spacial score (nSPS) is 10.6. The van der Waals surface area contributed by atoms with E-state index in [0.29, 0.717) is 17.0 Å². The smallest absolute Gasteiger partial charge is 0.310 e. The zero-order valence-corrected chi connectivity index (χ0v) is 21.0. The van der Waals surface area contributed by atoms with Crippen LogP contribution in [0.25, 0.3) is 11.1 Å². The van der Waals surface area contributed by atoms with Crippen molar-refractivity contribution in [3.05, 3.63) is 77.1 Å². The van der Waals surface area contributed by atoms with Gasteiger partial charge in [-0.05, 0) is 48.1 Å². The van der Waals surface area contributed by atoms with Gasteiger partial charge in [0.2, 0.25) is 5.13 Å². The Labute approximate surface area is 215 Å². The molecule has 4 aromatic rings. The van der Waals surface area contributed by atoms with Crippen LogP contribution in [0.4, 0.5) is 9.52 Å². The SMILES string of the molecule is COC(=O)Cc1ccc(COc2nnc(NC(=O)c3cnc(C)cc3-c3c(F)cccc3OC)s2)nc1. The molecule has 1 aromatic carbocycles. The number of aromatic nitrogens is 4. The summed E-state index contributed by atoms with van der Waals surface area (Å²) in [6.07, 6.45) is 3.07. The number of esters is 1. The molecule has 0 aliphatic heterocycles. The lowest BCUT2D eigenvalue weighted by Crippen LogP contribution is -2.14. The number of benzene rings is 1. The zero-order valence-electron chi connectivity index (χ0n) is 20.1. The molecule has 0 atom stereocenters. The van der Waals surface area contributed by atoms with Crippen molar-refractivity contribution in [2.75, 3.05) is 19.5 Å². The number of amides is 1. The third-order valence-electron chi connectivity index (χ3n) is 5.18. The first-order chi connectivity index (χ1) is 17.9. The van der Waals surface area contributed by atoms with Gasteiger partial charge in [0.1, 0.15) is 18.2 Å². The van der Waals surface area contributed by atoms with Crippen LogP contribution in [0.2, 0.25) is 0 Å². The summed E-state index contributed by atoms with van der Waals surface area (Å²) in [6.45, 7) is 1.86. The molecule has 0 aliphatic rings. The summed E-state index contributed by atoms with van der Waals surface area (Å²) in [6, 6.07) is 9.54. The van der Waals surface area contributed by atoms with Crippen LogP contribution in [0.5, 0.6) is 10.9 Å². The lowest BCUT2D eigenvalue weighted by atomic mass is 9.98. The number of carbonyl (C=O) groups excluding carboxylic acids is 2. The highest BCUT2D eigenvalue weighted by Gasteiger charge is 2.21. The van der Waals surface area contributed by atoms with E-state index >= 15 is 0 Å². The van der Waals surface area contributed by atoms with Crippen molar-refractivity contribution in [1.29, 1.82) is 0 Å². The third-order valence-corrected chi connectivity index (χ3v) is 5.93. The molecule has 0 unspecified atom stereocenters. The highest BCUT2D eigenvalue weighted by Crippen LogP contribution is 2.35. The number of nitrogens with zero attached hydrogens (tertiary/aromatic N) is 4. The largest absolute Gasteiger partial charge is 0.496 e. The minimum Gasteiger partial charge on any atom is -0.496 e. The van der Waals surface area contributed by atoms with Crippen LogP contribution in [0.15, 0.2) is 48.8 Å². The maximum absolute atomic E-state index is 14.8. The van der Waals surface area contributed by atoms with Gasteiger partial charge in [-0.25, -0.2) is 4.39 Å². The summed E-state index contributed by atoms with van der Waals surface area (Å²) in [5.74, 6) is -1.13. The first-order valence-corrected chi connectivity index (χ1v) is 11.8. The zero-order chi connectivity index (χ0) is 26.4. The fourth-order valence-electron chi connectivity index (χ4n) is 3.39. The van der Waals surface area contributed by atoms with Gasteiger partial charge < -0.3 is 14.2 Å². The van der Waals surface area contributed by atoms with Crippen LogP contribution in [-0.2, 0) is 22.6 Å². The van der Waals surface area contributed by atoms with E-state index in [1.54, 1.807) is 37.4 Å². The van der Waals surface area contributed by atoms with Crippen LogP contribution in [0.3, 0.4) is 0 Å². The topological polar surface area (TPSA) is 125 Å². The predicted octanol–water partition coefficient (Wildman–Crippen LogP) is 4.00. The Bertz CT molecular complexity index is 1430. The predicted molar refractivity (Wildman–Crippen MR) is 133 cm³/mol. The summed E-state index contributed by atoms with van der Waals surface area (Å²) >= 11 is 1.02. The summed E-state index contributed by atoms with van der Waals surface area (Å²) in [5.41, 5.74) is 2.58. The number of aryl methyl sites for hydroxylation is 1. The summed E-state index contributed by atoms with van der Waals surface area (Å²) in [7, 11) is 2.76. The average molecular weight is 524 g/mol. The van der Waals surface area contributed by atoms with Crippen LogP contribution in [0.1, 0.15) is 27.3 Å². The lowest BCUT2D eigenvalue weighted by Gasteiger charge is -2.14. The number of anilines is 1. The minimum absolute atomic E-state index is 0.111. The molecule has 0 spiro atoms. The Morgan fingerprint density at radius 3 is 2.65 bits per heavy atom. The molecule has 37 heavy (non-hydrogen) atoms. The van der Waals surface area contributed by atoms with Gasteiger partial charge in [-0.2, -0.15) is 0 Å². The lowest BCUT2D eigenvalue weighted by molar-refractivity contribution is -0.139. The average Bonchev–Trinajstić information content (AvgIpc) is 3.35. The molecule has 0 aliphatic carbocycles. The van der Waals surface area contributed by atoms with Gasteiger partial charge >= 0.3 is 5.97 Å². The highest BCUT2D eigenvalue weighted by molar-refractivity contribution is 7.17. The van der Waals surface area contributed by atoms with E-state index in [0.717, 1.165) is 16.9 Å². The van der Waals surface area contributed by atoms with Crippen molar-refractivity contribution in [3.63, 3.8) is 0 Å². The molecule has 0 saturated heterocycles. The second-order valence-corrected chi connectivity index (χ2v) is 8.66. The van der Waals surface area contributed by atoms with Crippen LogP contribution in [-0.4, -0.2) is 46.3 Å². The molecule has 0 bridgehead atoms. The van der Waals surface area contributed by atoms with Crippen molar-refractivity contribution in [1.82, 2.24) is 20.2 Å². The molecule has 1 N–H and O–H groups in total. The first kappa shape index (κ1) is 25.6. The van der Waals surface area contributed by atoms with Crippen molar-refractivity contribution < 1.29 is 28.2 Å². The number of carbonyl (C=O) groups is 2. The highest BCUT2D eigenvalue weighted by atomic mass is 32.1. The Kier molecular flexibility index (Phi) is 7.98. The number of ether oxygens (including phenoxy) is 3. The van der Waals surface area contributed by atoms with Gasteiger partial charge in [0.15, 0.2) is 0 Å². The second kappa shape index (κ2) is 11.5. The van der Waals surface area contributed by atoms with Crippen LogP contribution in [0, 0.1) is 12.7 Å². The number of hydrogen-bond donors (Lipinski definition) is 1. The number of pyridine rings is 2. The summed E-state index contributed by atoms with van der Waals surface area (Å²) in [4.78, 5) is 32.9. The van der Waals surface area contributed by atoms with E-state index < -0.39 is 11.7 Å². The Morgan fingerprint density at radius 1 is 1.08 bits per heavy atom. The summed E-state index contributed by atoms with van der Waals surface area (Å²) in [5, 5.41) is 10.9. The monoisotopic (exact) mass is 523 g/mol. The van der Waals surface area contributed by atoms with E-state index in [2.05, 4.69) is 30.2 Å². The molecular weight excluding hydrogens is 501 g/mol. The molecule has 0 fully saturated rings. The fraction of sp³-hybridized carbons (Fsp3) is 0.200. The van der Waals surface area contributed by atoms with E-state index in [4.69, 9.17) is 9.47 Å². The Hall–Kier alpha value is -4.45. The summed E-state index contributed by atoms with van der Waals surface area (Å²) < 4.78 is 30.3. The Morgan fingerprint density at radius 2 is 1.92 bits per heavy atom. The third kappa shape index (κ3) is 6.22. The molecule has 10 nitrogen and oxygen atoms in total. The molecule has 4 rings (SSSR count). The first-order valence-electron chi connectivity index (χ1n) is 11.0. The maximum atomic E-state index is 14.8. The van der Waals surface area contributed by atoms with Gasteiger partial charge in [0.25, 0.3) is 11.1 Å². The quantitative estimate of drug-likeness (QED) is 0.324. The second-order valence-electron chi connectivity index (χ2n) is 7.71. The molecule has 3 heterocycles. The van der Waals surface area contributed by atoms with Crippen molar-refractivity contribution in [3.8, 4) is 22.1 Å². The molecular formula is C25H22FN5O5S.